The number of carbonyl (C=O) groups excluding carboxylic acids is 2. The monoisotopic (exact) mass is 479 g/mol. The van der Waals surface area contributed by atoms with Crippen LogP contribution in [0.4, 0.5) is 22.8 Å². The summed E-state index contributed by atoms with van der Waals surface area (Å²) in [5, 5.41) is 17.5. The fourth-order valence-corrected chi connectivity index (χ4v) is 3.40. The number of aromatic nitrogens is 1. The molecule has 0 unspecified atom stereocenters. The Bertz CT molecular complexity index is 1060. The summed E-state index contributed by atoms with van der Waals surface area (Å²) in [4.78, 5) is 29.7. The summed E-state index contributed by atoms with van der Waals surface area (Å²) < 4.78 is 43.0. The smallest absolute Gasteiger partial charge is 0.433 e. The van der Waals surface area contributed by atoms with Gasteiger partial charge in [0.25, 0.3) is 0 Å². The van der Waals surface area contributed by atoms with Crippen molar-refractivity contribution in [3.05, 3.63) is 65.0 Å². The fraction of sp³-hybridized carbons (Fsp3) is 0.364. The van der Waals surface area contributed by atoms with Gasteiger partial charge in [-0.3, -0.25) is 4.98 Å². The highest BCUT2D eigenvalue weighted by molar-refractivity contribution is 6.07. The molecule has 9 nitrogen and oxygen atoms in total. The van der Waals surface area contributed by atoms with Crippen molar-refractivity contribution in [3.8, 4) is 0 Å². The molecule has 1 aromatic carbocycles. The number of nitrogens with one attached hydrogen (secondary N) is 1. The van der Waals surface area contributed by atoms with Gasteiger partial charge in [0.1, 0.15) is 5.69 Å². The first-order valence-corrected chi connectivity index (χ1v) is 10.3. The standard InChI is InChI=1S/C22H24F3N5O4/c1-13(16-8-9-18(26-10-16)22(23,24)25)27-20(32)30-11-17(29(2)21(33)34-3)19(28-30)15-6-4-14(12-31)5-7-15/h4-10,13,17,31H,11-12H2,1-3H3,(H,27,32)/t13-,17+/m1/s1. The van der Waals surface area contributed by atoms with Crippen LogP contribution in [0.2, 0.25) is 0 Å². The molecule has 2 atom stereocenters. The highest BCUT2D eigenvalue weighted by Crippen LogP contribution is 2.28. The maximum Gasteiger partial charge on any atom is 0.433 e. The number of amides is 3. The Labute approximate surface area is 193 Å². The van der Waals surface area contributed by atoms with E-state index >= 15 is 0 Å². The highest BCUT2D eigenvalue weighted by Gasteiger charge is 2.37. The largest absolute Gasteiger partial charge is 0.453 e. The van der Waals surface area contributed by atoms with Gasteiger partial charge < -0.3 is 20.1 Å². The van der Waals surface area contributed by atoms with Crippen molar-refractivity contribution in [2.24, 2.45) is 5.10 Å². The van der Waals surface area contributed by atoms with E-state index in [1.54, 1.807) is 31.2 Å². The van der Waals surface area contributed by atoms with Crippen LogP contribution in [0.3, 0.4) is 0 Å². The normalized spacial score (nSPS) is 16.6. The molecule has 3 rings (SSSR count). The van der Waals surface area contributed by atoms with Crippen molar-refractivity contribution in [1.82, 2.24) is 20.2 Å². The van der Waals surface area contributed by atoms with Gasteiger partial charge in [-0.1, -0.05) is 30.3 Å². The van der Waals surface area contributed by atoms with Crippen molar-refractivity contribution in [1.29, 1.82) is 0 Å². The number of aliphatic hydroxyl groups excluding tert-OH is 1. The lowest BCUT2D eigenvalue weighted by atomic mass is 10.0. The average molecular weight is 479 g/mol. The maximum atomic E-state index is 12.9. The van der Waals surface area contributed by atoms with Gasteiger partial charge in [0.15, 0.2) is 0 Å². The number of likely N-dealkylation sites (N-methyl/N-ethyl adjacent to an activating group) is 1. The van der Waals surface area contributed by atoms with Crippen molar-refractivity contribution < 1.29 is 32.6 Å². The Balaban J connectivity index is 1.79. The molecule has 2 heterocycles. The summed E-state index contributed by atoms with van der Waals surface area (Å²) in [6, 6.07) is 7.09. The van der Waals surface area contributed by atoms with Crippen LogP contribution in [0.1, 0.15) is 35.3 Å². The number of pyridine rings is 1. The number of methoxy groups -OCH3 is 1. The molecule has 2 aromatic rings. The van der Waals surface area contributed by atoms with Crippen molar-refractivity contribution in [3.63, 3.8) is 0 Å². The van der Waals surface area contributed by atoms with Gasteiger partial charge in [0.05, 0.1) is 38.1 Å². The molecule has 2 N–H and O–H groups in total. The topological polar surface area (TPSA) is 107 Å². The number of ether oxygens (including phenoxy) is 1. The molecule has 0 bridgehead atoms. The highest BCUT2D eigenvalue weighted by atomic mass is 19.4. The van der Waals surface area contributed by atoms with E-state index in [0.717, 1.165) is 17.3 Å². The molecule has 182 valence electrons. The van der Waals surface area contributed by atoms with Gasteiger partial charge in [-0.15, -0.1) is 0 Å². The SMILES string of the molecule is COC(=O)N(C)[C@H]1CN(C(=O)N[C@H](C)c2ccc(C(F)(F)F)nc2)N=C1c1ccc(CO)cc1. The minimum atomic E-state index is -4.55. The van der Waals surface area contributed by atoms with E-state index in [-0.39, 0.29) is 13.2 Å². The minimum absolute atomic E-state index is 0.0342. The Morgan fingerprint density at radius 2 is 1.94 bits per heavy atom. The van der Waals surface area contributed by atoms with Crippen LogP contribution in [-0.4, -0.2) is 64.6 Å². The van der Waals surface area contributed by atoms with Gasteiger partial charge in [-0.05, 0) is 29.7 Å². The number of benzene rings is 1. The van der Waals surface area contributed by atoms with Crippen LogP contribution in [0.5, 0.6) is 0 Å². The van der Waals surface area contributed by atoms with Gasteiger partial charge in [-0.25, -0.2) is 14.6 Å². The number of alkyl halides is 3. The van der Waals surface area contributed by atoms with E-state index in [2.05, 4.69) is 15.4 Å². The first-order chi connectivity index (χ1) is 16.0. The van der Waals surface area contributed by atoms with E-state index in [1.807, 2.05) is 0 Å². The number of hydrogen-bond donors (Lipinski definition) is 2. The quantitative estimate of drug-likeness (QED) is 0.685. The number of nitrogens with zero attached hydrogens (tertiary/aromatic N) is 4. The summed E-state index contributed by atoms with van der Waals surface area (Å²) in [6.45, 7) is 1.50. The lowest BCUT2D eigenvalue weighted by molar-refractivity contribution is -0.141. The zero-order valence-corrected chi connectivity index (χ0v) is 18.7. The molecular formula is C22H24F3N5O4. The molecule has 12 heteroatoms. The second-order valence-electron chi connectivity index (χ2n) is 7.66. The third kappa shape index (κ3) is 5.45. The summed E-state index contributed by atoms with van der Waals surface area (Å²) >= 11 is 0. The molecule has 0 aliphatic carbocycles. The number of carbonyl (C=O) groups is 2. The lowest BCUT2D eigenvalue weighted by Gasteiger charge is -2.25. The van der Waals surface area contributed by atoms with E-state index in [9.17, 15) is 27.9 Å². The van der Waals surface area contributed by atoms with Crippen LogP contribution in [0.25, 0.3) is 0 Å². The maximum absolute atomic E-state index is 12.9. The van der Waals surface area contributed by atoms with E-state index in [4.69, 9.17) is 4.74 Å². The Hall–Kier alpha value is -3.67. The third-order valence-corrected chi connectivity index (χ3v) is 5.40. The van der Waals surface area contributed by atoms with Crippen molar-refractivity contribution >= 4 is 17.8 Å². The number of hydrazone groups is 1. The predicted octanol–water partition coefficient (Wildman–Crippen LogP) is 3.15. The third-order valence-electron chi connectivity index (χ3n) is 5.40. The summed E-state index contributed by atoms with van der Waals surface area (Å²) in [5.41, 5.74) is 1.13. The van der Waals surface area contributed by atoms with Gasteiger partial charge in [-0.2, -0.15) is 18.3 Å². The molecule has 1 aliphatic rings. The second-order valence-corrected chi connectivity index (χ2v) is 7.66. The zero-order valence-electron chi connectivity index (χ0n) is 18.7. The molecule has 1 aromatic heterocycles. The van der Waals surface area contributed by atoms with Crippen LogP contribution in [0, 0.1) is 0 Å². The van der Waals surface area contributed by atoms with Crippen molar-refractivity contribution in [2.75, 3.05) is 20.7 Å². The first-order valence-electron chi connectivity index (χ1n) is 10.3. The van der Waals surface area contributed by atoms with Gasteiger partial charge in [0, 0.05) is 13.2 Å². The van der Waals surface area contributed by atoms with E-state index < -0.39 is 36.1 Å². The number of halogens is 3. The molecule has 0 spiro atoms. The van der Waals surface area contributed by atoms with Crippen molar-refractivity contribution in [2.45, 2.75) is 31.8 Å². The molecular weight excluding hydrogens is 455 g/mol. The summed E-state index contributed by atoms with van der Waals surface area (Å²) in [6.07, 6.45) is -4.11. The van der Waals surface area contributed by atoms with E-state index in [1.165, 1.54) is 25.1 Å². The average Bonchev–Trinajstić information content (AvgIpc) is 3.28. The summed E-state index contributed by atoms with van der Waals surface area (Å²) in [5.74, 6) is 0. The van der Waals surface area contributed by atoms with Crippen LogP contribution in [0.15, 0.2) is 47.7 Å². The Kier molecular flexibility index (Phi) is 7.40. The first kappa shape index (κ1) is 25.0. The molecule has 0 fully saturated rings. The van der Waals surface area contributed by atoms with Gasteiger partial charge >= 0.3 is 18.3 Å². The zero-order chi connectivity index (χ0) is 25.0. The Morgan fingerprint density at radius 3 is 2.47 bits per heavy atom. The number of rotatable bonds is 5. The second kappa shape index (κ2) is 10.1. The Morgan fingerprint density at radius 1 is 1.26 bits per heavy atom. The number of aliphatic hydroxyl groups is 1. The van der Waals surface area contributed by atoms with Crippen LogP contribution in [-0.2, 0) is 17.5 Å². The predicted molar refractivity (Wildman–Crippen MR) is 116 cm³/mol. The number of urea groups is 1. The molecule has 3 amide bonds. The molecule has 34 heavy (non-hydrogen) atoms. The molecule has 0 radical (unpaired) electrons. The number of hydrogen-bond acceptors (Lipinski definition) is 6. The molecule has 0 saturated carbocycles. The molecule has 0 saturated heterocycles. The fourth-order valence-electron chi connectivity index (χ4n) is 3.40. The van der Waals surface area contributed by atoms with E-state index in [0.29, 0.717) is 22.4 Å². The van der Waals surface area contributed by atoms with Crippen LogP contribution >= 0.6 is 0 Å². The molecule has 1 aliphatic heterocycles. The van der Waals surface area contributed by atoms with Crippen LogP contribution < -0.4 is 5.32 Å². The van der Waals surface area contributed by atoms with Gasteiger partial charge in [0.2, 0.25) is 0 Å². The lowest BCUT2D eigenvalue weighted by Crippen LogP contribution is -2.46. The summed E-state index contributed by atoms with van der Waals surface area (Å²) in [7, 11) is 2.76. The minimum Gasteiger partial charge on any atom is -0.453 e.